The highest BCUT2D eigenvalue weighted by Gasteiger charge is 2.32. The van der Waals surface area contributed by atoms with Crippen molar-refractivity contribution in [1.82, 2.24) is 9.88 Å². The zero-order valence-corrected chi connectivity index (χ0v) is 18.7. The van der Waals surface area contributed by atoms with Gasteiger partial charge in [-0.2, -0.15) is 0 Å². The fourth-order valence-corrected chi connectivity index (χ4v) is 4.38. The number of aromatic nitrogens is 1. The van der Waals surface area contributed by atoms with E-state index < -0.39 is 5.91 Å². The number of methoxy groups -OCH3 is 1. The molecule has 0 bridgehead atoms. The van der Waals surface area contributed by atoms with E-state index in [0.717, 1.165) is 35.5 Å². The van der Waals surface area contributed by atoms with Crippen molar-refractivity contribution in [1.29, 1.82) is 0 Å². The molecule has 170 valence electrons. The van der Waals surface area contributed by atoms with Crippen LogP contribution in [0.3, 0.4) is 0 Å². The molecule has 0 spiro atoms. The monoisotopic (exact) mass is 437 g/mol. The fourth-order valence-electron chi connectivity index (χ4n) is 4.38. The Morgan fingerprint density at radius 3 is 2.66 bits per heavy atom. The molecule has 8 heteroatoms. The number of rotatable bonds is 7. The van der Waals surface area contributed by atoms with Crippen LogP contribution < -0.4 is 16.4 Å². The van der Waals surface area contributed by atoms with Gasteiger partial charge in [-0.05, 0) is 43.5 Å². The number of carbonyl (C=O) groups is 2. The maximum atomic E-state index is 12.5. The number of amides is 2. The number of hydrogen-bond acceptors (Lipinski definition) is 6. The Hall–Kier alpha value is -3.13. The van der Waals surface area contributed by atoms with Gasteiger partial charge in [0, 0.05) is 49.8 Å². The van der Waals surface area contributed by atoms with Crippen molar-refractivity contribution in [2.24, 2.45) is 5.73 Å². The van der Waals surface area contributed by atoms with Crippen LogP contribution in [-0.2, 0) is 9.53 Å². The molecule has 1 unspecified atom stereocenters. The maximum Gasteiger partial charge on any atom is 0.248 e. The molecule has 2 aliphatic rings. The predicted octanol–water partition coefficient (Wildman–Crippen LogP) is 2.38. The molecule has 1 atom stereocenters. The maximum absolute atomic E-state index is 12.5. The molecular weight excluding hydrogens is 406 g/mol. The summed E-state index contributed by atoms with van der Waals surface area (Å²) in [6, 6.07) is 9.33. The summed E-state index contributed by atoms with van der Waals surface area (Å²) in [6.45, 7) is 4.48. The van der Waals surface area contributed by atoms with Crippen molar-refractivity contribution in [3.8, 4) is 11.1 Å². The van der Waals surface area contributed by atoms with Crippen LogP contribution in [0.4, 0.5) is 11.5 Å². The Kier molecular flexibility index (Phi) is 6.32. The number of piperazine rings is 1. The van der Waals surface area contributed by atoms with Gasteiger partial charge in [0.15, 0.2) is 5.82 Å². The topological polar surface area (TPSA) is 115 Å². The molecule has 2 aromatic rings. The highest BCUT2D eigenvalue weighted by atomic mass is 16.5. The zero-order chi connectivity index (χ0) is 22.8. The molecule has 1 saturated carbocycles. The lowest BCUT2D eigenvalue weighted by molar-refractivity contribution is -0.134. The number of carbonyl (C=O) groups excluding carboxylic acids is 2. The molecule has 32 heavy (non-hydrogen) atoms. The smallest absolute Gasteiger partial charge is 0.248 e. The first-order valence-electron chi connectivity index (χ1n) is 11.1. The molecule has 0 radical (unpaired) electrons. The van der Waals surface area contributed by atoms with E-state index in [-0.39, 0.29) is 11.9 Å². The summed E-state index contributed by atoms with van der Waals surface area (Å²) in [5, 5.41) is 0. The van der Waals surface area contributed by atoms with E-state index in [4.69, 9.17) is 21.2 Å². The molecule has 1 aromatic heterocycles. The average Bonchev–Trinajstić information content (AvgIpc) is 3.62. The minimum Gasteiger partial charge on any atom is -0.396 e. The van der Waals surface area contributed by atoms with E-state index in [9.17, 15) is 9.59 Å². The molecule has 2 amide bonds. The number of benzene rings is 1. The lowest BCUT2D eigenvalue weighted by atomic mass is 9.98. The van der Waals surface area contributed by atoms with Gasteiger partial charge in [-0.15, -0.1) is 0 Å². The van der Waals surface area contributed by atoms with Crippen LogP contribution in [-0.4, -0.2) is 61.1 Å². The molecule has 4 rings (SSSR count). The summed E-state index contributed by atoms with van der Waals surface area (Å²) >= 11 is 0. The average molecular weight is 438 g/mol. The summed E-state index contributed by atoms with van der Waals surface area (Å²) in [7, 11) is 1.61. The van der Waals surface area contributed by atoms with Gasteiger partial charge in [-0.3, -0.25) is 9.59 Å². The third-order valence-electron chi connectivity index (χ3n) is 6.25. The van der Waals surface area contributed by atoms with Gasteiger partial charge in [-0.1, -0.05) is 12.1 Å². The molecule has 1 saturated heterocycles. The first kappa shape index (κ1) is 22.1. The van der Waals surface area contributed by atoms with Crippen LogP contribution in [0.25, 0.3) is 11.1 Å². The number of nitrogens with two attached hydrogens (primary N) is 2. The summed E-state index contributed by atoms with van der Waals surface area (Å²) < 4.78 is 5.04. The second kappa shape index (κ2) is 9.16. The third-order valence-corrected chi connectivity index (χ3v) is 6.25. The van der Waals surface area contributed by atoms with E-state index in [1.165, 1.54) is 0 Å². The largest absolute Gasteiger partial charge is 0.396 e. The zero-order valence-electron chi connectivity index (χ0n) is 18.7. The summed E-state index contributed by atoms with van der Waals surface area (Å²) in [5.74, 6) is 0.834. The van der Waals surface area contributed by atoms with Crippen LogP contribution in [0.2, 0.25) is 0 Å². The molecule has 1 aliphatic heterocycles. The van der Waals surface area contributed by atoms with Crippen LogP contribution in [0, 0.1) is 0 Å². The van der Waals surface area contributed by atoms with Crippen LogP contribution in [0.5, 0.6) is 0 Å². The number of primary amides is 1. The van der Waals surface area contributed by atoms with Crippen LogP contribution >= 0.6 is 0 Å². The normalized spacial score (nSPS) is 18.6. The van der Waals surface area contributed by atoms with E-state index in [1.54, 1.807) is 19.2 Å². The molecule has 2 fully saturated rings. The number of pyridine rings is 1. The number of hydrogen-bond donors (Lipinski definition) is 2. The van der Waals surface area contributed by atoms with Crippen molar-refractivity contribution < 1.29 is 14.3 Å². The molecule has 8 nitrogen and oxygen atoms in total. The Balaban J connectivity index is 1.60. The number of ether oxygens (including phenoxy) is 1. The van der Waals surface area contributed by atoms with Gasteiger partial charge in [-0.25, -0.2) is 4.98 Å². The molecule has 1 aliphatic carbocycles. The molecule has 1 aromatic carbocycles. The summed E-state index contributed by atoms with van der Waals surface area (Å²) in [5.41, 5.74) is 15.9. The second-order valence-electron chi connectivity index (χ2n) is 8.68. The molecule has 4 N–H and O–H groups in total. The first-order valence-corrected chi connectivity index (χ1v) is 11.1. The molecular formula is C24H31N5O3. The number of nitrogens with zero attached hydrogens (tertiary/aromatic N) is 3. The van der Waals surface area contributed by atoms with Crippen molar-refractivity contribution in [3.05, 3.63) is 41.6 Å². The van der Waals surface area contributed by atoms with Crippen molar-refractivity contribution in [2.45, 2.75) is 38.1 Å². The lowest BCUT2D eigenvalue weighted by Gasteiger charge is -2.41. The van der Waals surface area contributed by atoms with Gasteiger partial charge in [0.2, 0.25) is 11.8 Å². The van der Waals surface area contributed by atoms with Gasteiger partial charge in [0.1, 0.15) is 0 Å². The second-order valence-corrected chi connectivity index (χ2v) is 8.68. The Morgan fingerprint density at radius 1 is 1.22 bits per heavy atom. The van der Waals surface area contributed by atoms with Crippen LogP contribution in [0.15, 0.2) is 30.3 Å². The Labute approximate surface area is 188 Å². The number of anilines is 2. The summed E-state index contributed by atoms with van der Waals surface area (Å²) in [6.07, 6.45) is 2.58. The Bertz CT molecular complexity index is 1020. The SMILES string of the molecule is COCCC(=O)N1CCN(c2nc(C3CC3)c(-c3cccc(C(N)=O)c3)cc2N)CC1C. The fraction of sp³-hybridized carbons (Fsp3) is 0.458. The van der Waals surface area contributed by atoms with Gasteiger partial charge in [0.25, 0.3) is 0 Å². The van der Waals surface area contributed by atoms with Crippen molar-refractivity contribution >= 4 is 23.3 Å². The molecule has 2 heterocycles. The van der Waals surface area contributed by atoms with E-state index in [1.807, 2.05) is 23.1 Å². The van der Waals surface area contributed by atoms with E-state index >= 15 is 0 Å². The first-order chi connectivity index (χ1) is 15.4. The van der Waals surface area contributed by atoms with E-state index in [2.05, 4.69) is 11.8 Å². The predicted molar refractivity (Wildman–Crippen MR) is 124 cm³/mol. The highest BCUT2D eigenvalue weighted by molar-refractivity contribution is 5.94. The van der Waals surface area contributed by atoms with Crippen LogP contribution in [0.1, 0.15) is 48.2 Å². The standard InChI is InChI=1S/C24H31N5O3/c1-15-14-28(9-10-29(15)21(30)8-11-32-2)24-20(25)13-19(22(27-24)16-6-7-16)17-4-3-5-18(12-17)23(26)31/h3-5,12-13,15-16H,6-11,14,25H2,1-2H3,(H2,26,31). The van der Waals surface area contributed by atoms with Gasteiger partial charge < -0.3 is 26.0 Å². The van der Waals surface area contributed by atoms with Gasteiger partial charge in [0.05, 0.1) is 24.4 Å². The highest BCUT2D eigenvalue weighted by Crippen LogP contribution is 2.45. The number of nitrogen functional groups attached to an aromatic ring is 1. The summed E-state index contributed by atoms with van der Waals surface area (Å²) in [4.78, 5) is 33.2. The third kappa shape index (κ3) is 4.55. The minimum atomic E-state index is -0.454. The van der Waals surface area contributed by atoms with Gasteiger partial charge >= 0.3 is 0 Å². The Morgan fingerprint density at radius 2 is 2.00 bits per heavy atom. The van der Waals surface area contributed by atoms with E-state index in [0.29, 0.717) is 49.8 Å². The van der Waals surface area contributed by atoms with Crippen molar-refractivity contribution in [2.75, 3.05) is 44.0 Å². The lowest BCUT2D eigenvalue weighted by Crippen LogP contribution is -2.54. The van der Waals surface area contributed by atoms with Crippen molar-refractivity contribution in [3.63, 3.8) is 0 Å². The minimum absolute atomic E-state index is 0.0607. The quantitative estimate of drug-likeness (QED) is 0.687.